The van der Waals surface area contributed by atoms with Gasteiger partial charge in [-0.05, 0) is 19.4 Å². The molecule has 2 aromatic rings. The van der Waals surface area contributed by atoms with Gasteiger partial charge in [0.2, 0.25) is 0 Å². The molecule has 0 radical (unpaired) electrons. The van der Waals surface area contributed by atoms with E-state index < -0.39 is 11.9 Å². The molecule has 0 fully saturated rings. The van der Waals surface area contributed by atoms with Crippen LogP contribution in [0.15, 0.2) is 11.0 Å². The van der Waals surface area contributed by atoms with Crippen LogP contribution in [0.25, 0.3) is 0 Å². The number of imidazole rings is 1. The molecular formula is C13H17F3N6O. The summed E-state index contributed by atoms with van der Waals surface area (Å²) in [5.41, 5.74) is -1.18. The Kier molecular flexibility index (Phi) is 4.00. The molecule has 0 bridgehead atoms. The van der Waals surface area contributed by atoms with E-state index in [9.17, 15) is 18.0 Å². The lowest BCUT2D eigenvalue weighted by Gasteiger charge is -2.27. The van der Waals surface area contributed by atoms with Crippen LogP contribution < -0.4 is 5.69 Å². The van der Waals surface area contributed by atoms with Gasteiger partial charge in [-0.25, -0.2) is 14.9 Å². The average molecular weight is 330 g/mol. The number of hydrogen-bond donors (Lipinski definition) is 2. The van der Waals surface area contributed by atoms with Gasteiger partial charge in [-0.1, -0.05) is 0 Å². The number of aryl methyl sites for hydroxylation is 1. The van der Waals surface area contributed by atoms with Crippen molar-refractivity contribution >= 4 is 0 Å². The van der Waals surface area contributed by atoms with Crippen molar-refractivity contribution in [2.75, 3.05) is 13.6 Å². The minimum atomic E-state index is -4.40. The van der Waals surface area contributed by atoms with Crippen LogP contribution in [0, 0.1) is 5.92 Å². The zero-order valence-corrected chi connectivity index (χ0v) is 12.5. The Morgan fingerprint density at radius 1 is 1.48 bits per heavy atom. The Morgan fingerprint density at radius 2 is 2.26 bits per heavy atom. The van der Waals surface area contributed by atoms with E-state index in [0.717, 1.165) is 12.6 Å². The van der Waals surface area contributed by atoms with Gasteiger partial charge in [0, 0.05) is 25.7 Å². The van der Waals surface area contributed by atoms with Crippen LogP contribution in [-0.2, 0) is 25.7 Å². The molecule has 0 saturated carbocycles. The second-order valence-electron chi connectivity index (χ2n) is 5.92. The standard InChI is InChI=1S/C13H17F3N6O/c1-21(7-10-18-12(23)20-19-10)4-8-2-3-11-17-9(13(14,15)16)6-22(11)5-8/h6,8H,2-5,7H2,1H3,(H2,18,19,20,23). The number of fused-ring (bicyclic) bond motifs is 1. The van der Waals surface area contributed by atoms with Crippen molar-refractivity contribution < 1.29 is 13.2 Å². The molecular weight excluding hydrogens is 313 g/mol. The maximum absolute atomic E-state index is 12.7. The molecule has 3 heterocycles. The largest absolute Gasteiger partial charge is 0.434 e. The first-order valence-corrected chi connectivity index (χ1v) is 7.26. The first-order valence-electron chi connectivity index (χ1n) is 7.26. The Hall–Kier alpha value is -2.10. The molecule has 7 nitrogen and oxygen atoms in total. The quantitative estimate of drug-likeness (QED) is 0.876. The summed E-state index contributed by atoms with van der Waals surface area (Å²) in [7, 11) is 1.89. The molecule has 1 aliphatic heterocycles. The minimum Gasteiger partial charge on any atom is -0.334 e. The number of halogens is 3. The number of aromatic amines is 2. The van der Waals surface area contributed by atoms with Gasteiger partial charge in [0.25, 0.3) is 0 Å². The van der Waals surface area contributed by atoms with E-state index in [1.165, 1.54) is 0 Å². The Balaban J connectivity index is 1.60. The Bertz CT molecular complexity index is 731. The fourth-order valence-corrected chi connectivity index (χ4v) is 2.94. The number of aromatic nitrogens is 5. The van der Waals surface area contributed by atoms with E-state index in [-0.39, 0.29) is 11.6 Å². The van der Waals surface area contributed by atoms with Crippen LogP contribution in [0.4, 0.5) is 13.2 Å². The smallest absolute Gasteiger partial charge is 0.334 e. The van der Waals surface area contributed by atoms with Crippen LogP contribution in [-0.4, -0.2) is 43.2 Å². The summed E-state index contributed by atoms with van der Waals surface area (Å²) in [6.45, 7) is 1.69. The van der Waals surface area contributed by atoms with Crippen LogP contribution >= 0.6 is 0 Å². The second kappa shape index (κ2) is 5.84. The molecule has 0 aromatic carbocycles. The summed E-state index contributed by atoms with van der Waals surface area (Å²) >= 11 is 0. The third-order valence-corrected chi connectivity index (χ3v) is 3.92. The van der Waals surface area contributed by atoms with Crippen molar-refractivity contribution in [3.8, 4) is 0 Å². The number of H-pyrrole nitrogens is 2. The van der Waals surface area contributed by atoms with Gasteiger partial charge in [0.05, 0.1) is 6.54 Å². The molecule has 2 N–H and O–H groups in total. The maximum atomic E-state index is 12.7. The second-order valence-corrected chi connectivity index (χ2v) is 5.92. The minimum absolute atomic E-state index is 0.230. The highest BCUT2D eigenvalue weighted by Crippen LogP contribution is 2.30. The van der Waals surface area contributed by atoms with Crippen molar-refractivity contribution in [3.05, 3.63) is 34.0 Å². The summed E-state index contributed by atoms with van der Waals surface area (Å²) < 4.78 is 39.7. The number of rotatable bonds is 4. The number of nitrogens with zero attached hydrogens (tertiary/aromatic N) is 4. The van der Waals surface area contributed by atoms with E-state index in [4.69, 9.17) is 0 Å². The Morgan fingerprint density at radius 3 is 2.91 bits per heavy atom. The number of hydrogen-bond acceptors (Lipinski definition) is 4. The summed E-state index contributed by atoms with van der Waals surface area (Å²) in [5.74, 6) is 1.26. The lowest BCUT2D eigenvalue weighted by molar-refractivity contribution is -0.141. The topological polar surface area (TPSA) is 82.6 Å². The highest BCUT2D eigenvalue weighted by atomic mass is 19.4. The van der Waals surface area contributed by atoms with Crippen molar-refractivity contribution in [2.24, 2.45) is 5.92 Å². The van der Waals surface area contributed by atoms with Crippen molar-refractivity contribution in [2.45, 2.75) is 32.1 Å². The van der Waals surface area contributed by atoms with Gasteiger partial charge >= 0.3 is 11.9 Å². The fourth-order valence-electron chi connectivity index (χ4n) is 2.94. The SMILES string of the molecule is CN(Cc1n[nH]c(=O)[nH]1)CC1CCc2nc(C(F)(F)F)cn2C1. The zero-order valence-electron chi connectivity index (χ0n) is 12.5. The van der Waals surface area contributed by atoms with Crippen molar-refractivity contribution in [1.29, 1.82) is 0 Å². The molecule has 1 unspecified atom stereocenters. The predicted octanol–water partition coefficient (Wildman–Crippen LogP) is 1.01. The third-order valence-electron chi connectivity index (χ3n) is 3.92. The lowest BCUT2D eigenvalue weighted by Crippen LogP contribution is -2.31. The molecule has 0 spiro atoms. The molecule has 0 saturated heterocycles. The monoisotopic (exact) mass is 330 g/mol. The van der Waals surface area contributed by atoms with Gasteiger partial charge in [-0.3, -0.25) is 9.88 Å². The first-order chi connectivity index (χ1) is 10.8. The van der Waals surface area contributed by atoms with Crippen LogP contribution in [0.2, 0.25) is 0 Å². The molecule has 23 heavy (non-hydrogen) atoms. The summed E-state index contributed by atoms with van der Waals surface area (Å²) in [6.07, 6.45) is -1.99. The summed E-state index contributed by atoms with van der Waals surface area (Å²) in [4.78, 5) is 19.2. The van der Waals surface area contributed by atoms with Gasteiger partial charge < -0.3 is 4.57 Å². The third kappa shape index (κ3) is 3.63. The first kappa shape index (κ1) is 15.8. The van der Waals surface area contributed by atoms with E-state index in [0.29, 0.717) is 37.7 Å². The molecule has 10 heteroatoms. The average Bonchev–Trinajstić information content (AvgIpc) is 3.04. The number of nitrogens with one attached hydrogen (secondary N) is 2. The molecule has 1 atom stereocenters. The van der Waals surface area contributed by atoms with Gasteiger partial charge in [-0.15, -0.1) is 0 Å². The van der Waals surface area contributed by atoms with E-state index >= 15 is 0 Å². The van der Waals surface area contributed by atoms with Crippen LogP contribution in [0.1, 0.15) is 23.8 Å². The molecule has 126 valence electrons. The maximum Gasteiger partial charge on any atom is 0.434 e. The van der Waals surface area contributed by atoms with Gasteiger partial charge in [0.15, 0.2) is 5.69 Å². The summed E-state index contributed by atoms with van der Waals surface area (Å²) in [5, 5.41) is 6.14. The zero-order chi connectivity index (χ0) is 16.6. The molecule has 0 amide bonds. The van der Waals surface area contributed by atoms with Crippen molar-refractivity contribution in [1.82, 2.24) is 29.6 Å². The van der Waals surface area contributed by atoms with Gasteiger partial charge in [0.1, 0.15) is 11.6 Å². The van der Waals surface area contributed by atoms with Crippen molar-refractivity contribution in [3.63, 3.8) is 0 Å². The summed E-state index contributed by atoms with van der Waals surface area (Å²) in [6, 6.07) is 0. The number of alkyl halides is 3. The molecule has 3 rings (SSSR count). The fraction of sp³-hybridized carbons (Fsp3) is 0.615. The van der Waals surface area contributed by atoms with Crippen LogP contribution in [0.5, 0.6) is 0 Å². The highest BCUT2D eigenvalue weighted by molar-refractivity contribution is 5.09. The lowest BCUT2D eigenvalue weighted by atomic mass is 9.99. The predicted molar refractivity (Wildman–Crippen MR) is 74.6 cm³/mol. The van der Waals surface area contributed by atoms with E-state index in [1.807, 2.05) is 11.9 Å². The normalized spacial score (nSPS) is 18.4. The highest BCUT2D eigenvalue weighted by Gasteiger charge is 2.35. The van der Waals surface area contributed by atoms with E-state index in [2.05, 4.69) is 20.2 Å². The Labute approximate surface area is 129 Å². The van der Waals surface area contributed by atoms with E-state index in [1.54, 1.807) is 4.57 Å². The molecule has 1 aliphatic rings. The van der Waals surface area contributed by atoms with Gasteiger partial charge in [-0.2, -0.15) is 18.3 Å². The molecule has 2 aromatic heterocycles. The van der Waals surface area contributed by atoms with Crippen LogP contribution in [0.3, 0.4) is 0 Å². The molecule has 0 aliphatic carbocycles.